The van der Waals surface area contributed by atoms with Crippen LogP contribution in [0.4, 0.5) is 0 Å². The van der Waals surface area contributed by atoms with E-state index in [1.54, 1.807) is 12.1 Å². The molecule has 0 saturated heterocycles. The van der Waals surface area contributed by atoms with Gasteiger partial charge in [0, 0.05) is 6.54 Å². The van der Waals surface area contributed by atoms with Gasteiger partial charge in [-0.15, -0.1) is 12.8 Å². The highest BCUT2D eigenvalue weighted by Crippen LogP contribution is 2.14. The van der Waals surface area contributed by atoms with Gasteiger partial charge in [0.15, 0.2) is 0 Å². The second-order valence-electron chi connectivity index (χ2n) is 2.80. The molecule has 6 heteroatoms. The molecule has 5 nitrogen and oxygen atoms in total. The Morgan fingerprint density at radius 1 is 1.29 bits per heavy atom. The number of nitrogens with one attached hydrogen (secondary N) is 1. The van der Waals surface area contributed by atoms with Crippen molar-refractivity contribution in [3.63, 3.8) is 0 Å². The lowest BCUT2D eigenvalue weighted by Gasteiger charge is -2.05. The monoisotopic (exact) mass is 257 g/mol. The maximum Gasteiger partial charge on any atom is 0.240 e. The largest absolute Gasteiger partial charge is 0.497 e. The topological polar surface area (TPSA) is 75.6 Å². The van der Waals surface area contributed by atoms with Crippen LogP contribution in [0.5, 0.6) is 5.75 Å². The molecule has 0 aromatic heterocycles. The van der Waals surface area contributed by atoms with Crippen LogP contribution in [0.3, 0.4) is 0 Å². The zero-order chi connectivity index (χ0) is 13.3. The number of ether oxygens (including phenoxy) is 1. The Morgan fingerprint density at radius 3 is 2.24 bits per heavy atom. The van der Waals surface area contributed by atoms with Crippen LogP contribution < -0.4 is 9.46 Å². The molecule has 1 aromatic rings. The molecule has 0 amide bonds. The molecular weight excluding hydrogens is 242 g/mol. The van der Waals surface area contributed by atoms with Crippen LogP contribution in [0.2, 0.25) is 0 Å². The number of aliphatic hydroxyl groups excluding tert-OH is 1. The van der Waals surface area contributed by atoms with Crippen molar-refractivity contribution in [1.82, 2.24) is 4.72 Å². The lowest BCUT2D eigenvalue weighted by atomic mass is 10.3. The molecule has 2 N–H and O–H groups in total. The summed E-state index contributed by atoms with van der Waals surface area (Å²) >= 11 is 0. The Bertz CT molecular complexity index is 436. The highest BCUT2D eigenvalue weighted by atomic mass is 32.2. The van der Waals surface area contributed by atoms with Crippen molar-refractivity contribution in [1.29, 1.82) is 0 Å². The second-order valence-corrected chi connectivity index (χ2v) is 4.56. The number of rotatable bonds is 5. The van der Waals surface area contributed by atoms with Gasteiger partial charge in [0.05, 0.1) is 18.6 Å². The van der Waals surface area contributed by atoms with Crippen LogP contribution >= 0.6 is 0 Å². The highest BCUT2D eigenvalue weighted by molar-refractivity contribution is 7.89. The first-order valence-electron chi connectivity index (χ1n) is 4.68. The smallest absolute Gasteiger partial charge is 0.240 e. The average molecular weight is 257 g/mol. The molecule has 0 unspecified atom stereocenters. The summed E-state index contributed by atoms with van der Waals surface area (Å²) in [5, 5.41) is 8.51. The van der Waals surface area contributed by atoms with Crippen LogP contribution in [0.25, 0.3) is 0 Å². The summed E-state index contributed by atoms with van der Waals surface area (Å²) < 4.78 is 30.2. The Kier molecular flexibility index (Phi) is 6.98. The summed E-state index contributed by atoms with van der Waals surface area (Å²) in [7, 11) is -2.01. The van der Waals surface area contributed by atoms with Gasteiger partial charge in [-0.05, 0) is 24.3 Å². The van der Waals surface area contributed by atoms with Gasteiger partial charge >= 0.3 is 0 Å². The first kappa shape index (κ1) is 15.4. The minimum absolute atomic E-state index is 0.00830. The average Bonchev–Trinajstić information content (AvgIpc) is 2.39. The van der Waals surface area contributed by atoms with Crippen LogP contribution in [0.1, 0.15) is 0 Å². The Hall–Kier alpha value is -1.55. The van der Waals surface area contributed by atoms with Crippen molar-refractivity contribution < 1.29 is 18.3 Å². The second kappa shape index (κ2) is 7.68. The van der Waals surface area contributed by atoms with E-state index < -0.39 is 10.0 Å². The number of aliphatic hydroxyl groups is 1. The number of benzene rings is 1. The molecule has 1 rings (SSSR count). The molecule has 17 heavy (non-hydrogen) atoms. The summed E-state index contributed by atoms with van der Waals surface area (Å²) in [6, 6.07) is 6.01. The van der Waals surface area contributed by atoms with Crippen molar-refractivity contribution in [2.45, 2.75) is 4.90 Å². The van der Waals surface area contributed by atoms with Gasteiger partial charge in [-0.25, -0.2) is 13.1 Å². The van der Waals surface area contributed by atoms with E-state index in [9.17, 15) is 8.42 Å². The van der Waals surface area contributed by atoms with E-state index in [0.717, 1.165) is 0 Å². The lowest BCUT2D eigenvalue weighted by molar-refractivity contribution is 0.301. The fraction of sp³-hybridized carbons (Fsp3) is 0.273. The third-order valence-electron chi connectivity index (χ3n) is 1.77. The molecule has 0 aliphatic carbocycles. The minimum atomic E-state index is -3.51. The van der Waals surface area contributed by atoms with Crippen LogP contribution in [0, 0.1) is 12.8 Å². The molecule has 1 aromatic carbocycles. The van der Waals surface area contributed by atoms with Gasteiger partial charge in [-0.1, -0.05) is 0 Å². The SMILES string of the molecule is C#C.COc1ccc(S(=O)(=O)NCCO)cc1. The van der Waals surface area contributed by atoms with Crippen LogP contribution in [-0.2, 0) is 10.0 Å². The predicted octanol–water partition coefficient (Wildman–Crippen LogP) is 0.215. The van der Waals surface area contributed by atoms with Gasteiger partial charge in [0.2, 0.25) is 10.0 Å². The fourth-order valence-corrected chi connectivity index (χ4v) is 2.04. The molecule has 0 spiro atoms. The molecule has 0 heterocycles. The standard InChI is InChI=1S/C9H13NO4S.C2H2/c1-14-8-2-4-9(5-3-8)15(12,13)10-6-7-11;1-2/h2-5,10-11H,6-7H2,1H3;1-2H. The van der Waals surface area contributed by atoms with E-state index in [4.69, 9.17) is 9.84 Å². The van der Waals surface area contributed by atoms with Crippen molar-refractivity contribution in [2.24, 2.45) is 0 Å². The van der Waals surface area contributed by atoms with E-state index in [0.29, 0.717) is 5.75 Å². The summed E-state index contributed by atoms with van der Waals surface area (Å²) in [5.74, 6) is 0.594. The molecule has 0 bridgehead atoms. The van der Waals surface area contributed by atoms with Crippen LogP contribution in [-0.4, -0.2) is 33.8 Å². The highest BCUT2D eigenvalue weighted by Gasteiger charge is 2.12. The number of hydrogen-bond acceptors (Lipinski definition) is 4. The molecule has 94 valence electrons. The van der Waals surface area contributed by atoms with E-state index in [-0.39, 0.29) is 18.0 Å². The minimum Gasteiger partial charge on any atom is -0.497 e. The van der Waals surface area contributed by atoms with Gasteiger partial charge in [0.1, 0.15) is 5.75 Å². The zero-order valence-corrected chi connectivity index (χ0v) is 10.3. The number of terminal acetylenes is 1. The predicted molar refractivity (Wildman–Crippen MR) is 65.2 cm³/mol. The summed E-state index contributed by atoms with van der Waals surface area (Å²) in [6.45, 7) is -0.219. The first-order valence-corrected chi connectivity index (χ1v) is 6.16. The third-order valence-corrected chi connectivity index (χ3v) is 3.25. The van der Waals surface area contributed by atoms with E-state index in [1.807, 2.05) is 0 Å². The van der Waals surface area contributed by atoms with Gasteiger partial charge < -0.3 is 9.84 Å². The summed E-state index contributed by atoms with van der Waals surface area (Å²) in [4.78, 5) is 0.150. The third kappa shape index (κ3) is 4.87. The Morgan fingerprint density at radius 2 is 1.82 bits per heavy atom. The molecule has 0 aliphatic heterocycles. The lowest BCUT2D eigenvalue weighted by Crippen LogP contribution is -2.26. The fourth-order valence-electron chi connectivity index (χ4n) is 1.02. The molecular formula is C11H15NO4S. The van der Waals surface area contributed by atoms with E-state index in [2.05, 4.69) is 17.6 Å². The Balaban J connectivity index is 0.00000121. The molecule has 0 saturated carbocycles. The van der Waals surface area contributed by atoms with Crippen LogP contribution in [0.15, 0.2) is 29.2 Å². The molecule has 0 atom stereocenters. The van der Waals surface area contributed by atoms with E-state index in [1.165, 1.54) is 19.2 Å². The number of sulfonamides is 1. The maximum atomic E-state index is 11.5. The summed E-state index contributed by atoms with van der Waals surface area (Å²) in [6.07, 6.45) is 8.00. The molecule has 0 aliphatic rings. The van der Waals surface area contributed by atoms with Gasteiger partial charge in [0.25, 0.3) is 0 Å². The number of methoxy groups -OCH3 is 1. The van der Waals surface area contributed by atoms with E-state index >= 15 is 0 Å². The van der Waals surface area contributed by atoms with Crippen molar-refractivity contribution >= 4 is 10.0 Å². The quantitative estimate of drug-likeness (QED) is 0.740. The van der Waals surface area contributed by atoms with Gasteiger partial charge in [-0.2, -0.15) is 0 Å². The molecule has 0 radical (unpaired) electrons. The molecule has 0 fully saturated rings. The maximum absolute atomic E-state index is 11.5. The number of hydrogen-bond donors (Lipinski definition) is 2. The summed E-state index contributed by atoms with van der Waals surface area (Å²) in [5.41, 5.74) is 0. The normalized spacial score (nSPS) is 10.1. The van der Waals surface area contributed by atoms with Crippen molar-refractivity contribution in [3.8, 4) is 18.6 Å². The Labute approximate surface area is 101 Å². The van der Waals surface area contributed by atoms with Gasteiger partial charge in [-0.3, -0.25) is 0 Å². The first-order chi connectivity index (χ1) is 8.10. The van der Waals surface area contributed by atoms with Crippen molar-refractivity contribution in [2.75, 3.05) is 20.3 Å². The zero-order valence-electron chi connectivity index (χ0n) is 9.46. The van der Waals surface area contributed by atoms with Crippen molar-refractivity contribution in [3.05, 3.63) is 24.3 Å².